The van der Waals surface area contributed by atoms with E-state index in [4.69, 9.17) is 0 Å². The average Bonchev–Trinajstić information content (AvgIpc) is 3.18. The van der Waals surface area contributed by atoms with Gasteiger partial charge in [-0.05, 0) is 50.0 Å². The molecule has 0 saturated carbocycles. The lowest BCUT2D eigenvalue weighted by Crippen LogP contribution is -2.47. The molecule has 26 heavy (non-hydrogen) atoms. The molecule has 1 N–H and O–H groups in total. The van der Waals surface area contributed by atoms with Crippen LogP contribution in [-0.4, -0.2) is 51.2 Å². The van der Waals surface area contributed by atoms with Crippen LogP contribution in [0.1, 0.15) is 54.9 Å². The molecule has 0 spiro atoms. The zero-order chi connectivity index (χ0) is 18.2. The van der Waals surface area contributed by atoms with Crippen molar-refractivity contribution in [3.8, 4) is 0 Å². The zero-order valence-electron chi connectivity index (χ0n) is 15.6. The standard InChI is InChI=1S/C20H29N5O/c1-2-3-11-24-12-5-4-6-19(24)13-22-20(26)18-9-7-17(8-10-18)14-25-16-21-15-23-25/h7-10,15-16,19H,2-6,11-14H2,1H3,(H,22,26). The maximum atomic E-state index is 12.5. The lowest BCUT2D eigenvalue weighted by molar-refractivity contribution is 0.0912. The quantitative estimate of drug-likeness (QED) is 0.791. The van der Waals surface area contributed by atoms with Crippen molar-refractivity contribution in [2.24, 2.45) is 0 Å². The fraction of sp³-hybridized carbons (Fsp3) is 0.550. The molecule has 1 unspecified atom stereocenters. The van der Waals surface area contributed by atoms with Crippen LogP contribution in [0.2, 0.25) is 0 Å². The smallest absolute Gasteiger partial charge is 0.251 e. The van der Waals surface area contributed by atoms with E-state index in [9.17, 15) is 4.79 Å². The van der Waals surface area contributed by atoms with E-state index < -0.39 is 0 Å². The molecule has 0 aliphatic carbocycles. The van der Waals surface area contributed by atoms with Crippen LogP contribution in [0.4, 0.5) is 0 Å². The van der Waals surface area contributed by atoms with Crippen molar-refractivity contribution in [2.45, 2.75) is 51.6 Å². The Morgan fingerprint density at radius 2 is 2.12 bits per heavy atom. The van der Waals surface area contributed by atoms with Crippen molar-refractivity contribution < 1.29 is 4.79 Å². The topological polar surface area (TPSA) is 63.1 Å². The van der Waals surface area contributed by atoms with Gasteiger partial charge < -0.3 is 5.32 Å². The Morgan fingerprint density at radius 1 is 1.27 bits per heavy atom. The fourth-order valence-electron chi connectivity index (χ4n) is 3.52. The van der Waals surface area contributed by atoms with Crippen LogP contribution >= 0.6 is 0 Å². The maximum absolute atomic E-state index is 12.5. The highest BCUT2D eigenvalue weighted by atomic mass is 16.1. The molecule has 3 rings (SSSR count). The number of carbonyl (C=O) groups excluding carboxylic acids is 1. The SMILES string of the molecule is CCCCN1CCCCC1CNC(=O)c1ccc(Cn2cncn2)cc1. The van der Waals surface area contributed by atoms with Gasteiger partial charge in [-0.2, -0.15) is 5.10 Å². The number of likely N-dealkylation sites (tertiary alicyclic amines) is 1. The summed E-state index contributed by atoms with van der Waals surface area (Å²) in [4.78, 5) is 19.0. The second kappa shape index (κ2) is 9.48. The molecule has 0 radical (unpaired) electrons. The van der Waals surface area contributed by atoms with Crippen molar-refractivity contribution in [1.82, 2.24) is 25.0 Å². The van der Waals surface area contributed by atoms with Crippen LogP contribution in [0, 0.1) is 0 Å². The molecule has 1 amide bonds. The predicted octanol–water partition coefficient (Wildman–Crippen LogP) is 2.71. The largest absolute Gasteiger partial charge is 0.350 e. The van der Waals surface area contributed by atoms with Gasteiger partial charge in [0.2, 0.25) is 0 Å². The number of carbonyl (C=O) groups is 1. The highest BCUT2D eigenvalue weighted by Gasteiger charge is 2.22. The normalized spacial score (nSPS) is 18.0. The molecular weight excluding hydrogens is 326 g/mol. The second-order valence-corrected chi connectivity index (χ2v) is 7.04. The van der Waals surface area contributed by atoms with E-state index in [2.05, 4.69) is 27.2 Å². The highest BCUT2D eigenvalue weighted by Crippen LogP contribution is 2.17. The zero-order valence-corrected chi connectivity index (χ0v) is 15.6. The molecule has 6 nitrogen and oxygen atoms in total. The van der Waals surface area contributed by atoms with Crippen molar-refractivity contribution in [3.63, 3.8) is 0 Å². The molecule has 6 heteroatoms. The van der Waals surface area contributed by atoms with Crippen LogP contribution < -0.4 is 5.32 Å². The molecule has 1 aromatic carbocycles. The van der Waals surface area contributed by atoms with E-state index in [1.54, 1.807) is 11.0 Å². The summed E-state index contributed by atoms with van der Waals surface area (Å²) in [5, 5.41) is 7.23. The minimum atomic E-state index is 0.0123. The predicted molar refractivity (Wildman–Crippen MR) is 102 cm³/mol. The van der Waals surface area contributed by atoms with Crippen molar-refractivity contribution >= 4 is 5.91 Å². The fourth-order valence-corrected chi connectivity index (χ4v) is 3.52. The van der Waals surface area contributed by atoms with Gasteiger partial charge in [0.25, 0.3) is 5.91 Å². The third-order valence-electron chi connectivity index (χ3n) is 5.07. The van der Waals surface area contributed by atoms with Crippen LogP contribution in [0.5, 0.6) is 0 Å². The van der Waals surface area contributed by atoms with Gasteiger partial charge in [-0.3, -0.25) is 9.69 Å². The Hall–Kier alpha value is -2.21. The Bertz CT molecular complexity index is 668. The summed E-state index contributed by atoms with van der Waals surface area (Å²) in [5.41, 5.74) is 1.81. The molecule has 1 aliphatic rings. The van der Waals surface area contributed by atoms with E-state index in [-0.39, 0.29) is 5.91 Å². The van der Waals surface area contributed by atoms with E-state index >= 15 is 0 Å². The summed E-state index contributed by atoms with van der Waals surface area (Å²) < 4.78 is 1.77. The lowest BCUT2D eigenvalue weighted by atomic mass is 10.0. The Morgan fingerprint density at radius 3 is 2.85 bits per heavy atom. The van der Waals surface area contributed by atoms with Gasteiger partial charge in [0.15, 0.2) is 0 Å². The second-order valence-electron chi connectivity index (χ2n) is 7.04. The Kier molecular flexibility index (Phi) is 6.77. The third kappa shape index (κ3) is 5.14. The first-order chi connectivity index (χ1) is 12.8. The third-order valence-corrected chi connectivity index (χ3v) is 5.07. The minimum absolute atomic E-state index is 0.0123. The number of nitrogens with one attached hydrogen (secondary N) is 1. The number of piperidine rings is 1. The first-order valence-electron chi connectivity index (χ1n) is 9.70. The van der Waals surface area contributed by atoms with Crippen LogP contribution in [0.3, 0.4) is 0 Å². The van der Waals surface area contributed by atoms with Gasteiger partial charge in [-0.1, -0.05) is 31.9 Å². The molecule has 0 bridgehead atoms. The number of nitrogens with zero attached hydrogens (tertiary/aromatic N) is 4. The average molecular weight is 355 g/mol. The number of hydrogen-bond donors (Lipinski definition) is 1. The van der Waals surface area contributed by atoms with Crippen molar-refractivity contribution in [3.05, 3.63) is 48.0 Å². The molecule has 1 aromatic heterocycles. The summed E-state index contributed by atoms with van der Waals surface area (Å²) in [7, 11) is 0. The molecule has 2 heterocycles. The summed E-state index contributed by atoms with van der Waals surface area (Å²) in [6.07, 6.45) is 9.39. The van der Waals surface area contributed by atoms with Gasteiger partial charge >= 0.3 is 0 Å². The highest BCUT2D eigenvalue weighted by molar-refractivity contribution is 5.94. The van der Waals surface area contributed by atoms with Crippen LogP contribution in [0.15, 0.2) is 36.9 Å². The molecular formula is C20H29N5O. The summed E-state index contributed by atoms with van der Waals surface area (Å²) >= 11 is 0. The van der Waals surface area contributed by atoms with Gasteiger partial charge in [-0.25, -0.2) is 9.67 Å². The van der Waals surface area contributed by atoms with E-state index in [1.807, 2.05) is 24.3 Å². The summed E-state index contributed by atoms with van der Waals surface area (Å²) in [5.74, 6) is 0.0123. The van der Waals surface area contributed by atoms with Gasteiger partial charge in [0, 0.05) is 18.2 Å². The molecule has 1 aliphatic heterocycles. The molecule has 1 fully saturated rings. The molecule has 1 saturated heterocycles. The monoisotopic (exact) mass is 355 g/mol. The Labute approximate surface area is 155 Å². The van der Waals surface area contributed by atoms with Crippen LogP contribution in [0.25, 0.3) is 0 Å². The van der Waals surface area contributed by atoms with E-state index in [0.717, 1.165) is 25.2 Å². The molecule has 140 valence electrons. The summed E-state index contributed by atoms with van der Waals surface area (Å²) in [6.45, 7) is 5.94. The molecule has 2 aromatic rings. The van der Waals surface area contributed by atoms with Gasteiger partial charge in [0.1, 0.15) is 12.7 Å². The lowest BCUT2D eigenvalue weighted by Gasteiger charge is -2.35. The number of hydrogen-bond acceptors (Lipinski definition) is 4. The number of rotatable bonds is 8. The maximum Gasteiger partial charge on any atom is 0.251 e. The number of aromatic nitrogens is 3. The van der Waals surface area contributed by atoms with Gasteiger partial charge in [-0.15, -0.1) is 0 Å². The van der Waals surface area contributed by atoms with Gasteiger partial charge in [0.05, 0.1) is 6.54 Å². The van der Waals surface area contributed by atoms with Crippen molar-refractivity contribution in [2.75, 3.05) is 19.6 Å². The first-order valence-corrected chi connectivity index (χ1v) is 9.70. The van der Waals surface area contributed by atoms with E-state index in [1.165, 1.54) is 38.4 Å². The number of benzene rings is 1. The first kappa shape index (κ1) is 18.6. The minimum Gasteiger partial charge on any atom is -0.350 e. The molecule has 1 atom stereocenters. The number of unbranched alkanes of at least 4 members (excludes halogenated alkanes) is 1. The summed E-state index contributed by atoms with van der Waals surface area (Å²) in [6, 6.07) is 8.20. The van der Waals surface area contributed by atoms with E-state index in [0.29, 0.717) is 18.2 Å². The number of amides is 1. The van der Waals surface area contributed by atoms with Crippen LogP contribution in [-0.2, 0) is 6.54 Å². The Balaban J connectivity index is 1.50. The van der Waals surface area contributed by atoms with Crippen molar-refractivity contribution in [1.29, 1.82) is 0 Å².